The van der Waals surface area contributed by atoms with Gasteiger partial charge in [0, 0.05) is 22.2 Å². The number of rotatable bonds is 5. The fourth-order valence-corrected chi connectivity index (χ4v) is 3.55. The molecule has 0 amide bonds. The standard InChI is InChI=1S/C15H16BrClN2S/c1-2-10(18)9-11-13(17)6-3-7-14(11)20-15-12(16)5-4-8-19-15/h3-8,10H,2,9,18H2,1H3. The summed E-state index contributed by atoms with van der Waals surface area (Å²) in [7, 11) is 0. The average Bonchev–Trinajstić information content (AvgIpc) is 2.44. The summed E-state index contributed by atoms with van der Waals surface area (Å²) in [6, 6.07) is 9.95. The SMILES string of the molecule is CCC(N)Cc1c(Cl)cccc1Sc1ncccc1Br. The minimum Gasteiger partial charge on any atom is -0.327 e. The van der Waals surface area contributed by atoms with Gasteiger partial charge in [0.2, 0.25) is 0 Å². The van der Waals surface area contributed by atoms with Crippen molar-refractivity contribution >= 4 is 39.3 Å². The van der Waals surface area contributed by atoms with Crippen LogP contribution in [0.15, 0.2) is 50.9 Å². The van der Waals surface area contributed by atoms with Gasteiger partial charge in [-0.05, 0) is 58.6 Å². The first kappa shape index (κ1) is 15.8. The molecule has 0 spiro atoms. The highest BCUT2D eigenvalue weighted by Crippen LogP contribution is 2.36. The third kappa shape index (κ3) is 3.98. The molecule has 0 aliphatic heterocycles. The highest BCUT2D eigenvalue weighted by Gasteiger charge is 2.13. The van der Waals surface area contributed by atoms with Crippen molar-refractivity contribution in [2.24, 2.45) is 5.73 Å². The predicted octanol–water partition coefficient (Wildman–Crippen LogP) is 4.93. The van der Waals surface area contributed by atoms with E-state index in [1.807, 2.05) is 24.3 Å². The topological polar surface area (TPSA) is 38.9 Å². The molecule has 1 unspecified atom stereocenters. The van der Waals surface area contributed by atoms with Crippen molar-refractivity contribution in [2.45, 2.75) is 35.7 Å². The van der Waals surface area contributed by atoms with Crippen molar-refractivity contribution < 1.29 is 0 Å². The van der Waals surface area contributed by atoms with Crippen LogP contribution in [0.4, 0.5) is 0 Å². The molecule has 1 aromatic carbocycles. The Hall–Kier alpha value is -0.550. The van der Waals surface area contributed by atoms with Crippen LogP contribution >= 0.6 is 39.3 Å². The van der Waals surface area contributed by atoms with Crippen LogP contribution in [0.25, 0.3) is 0 Å². The minimum atomic E-state index is 0.126. The molecule has 20 heavy (non-hydrogen) atoms. The summed E-state index contributed by atoms with van der Waals surface area (Å²) in [5.41, 5.74) is 7.18. The highest BCUT2D eigenvalue weighted by atomic mass is 79.9. The van der Waals surface area contributed by atoms with Gasteiger partial charge in [0.25, 0.3) is 0 Å². The van der Waals surface area contributed by atoms with Gasteiger partial charge in [-0.3, -0.25) is 0 Å². The smallest absolute Gasteiger partial charge is 0.115 e. The number of aromatic nitrogens is 1. The van der Waals surface area contributed by atoms with E-state index in [1.165, 1.54) is 0 Å². The van der Waals surface area contributed by atoms with Crippen molar-refractivity contribution in [3.63, 3.8) is 0 Å². The number of benzene rings is 1. The maximum atomic E-state index is 6.34. The summed E-state index contributed by atoms with van der Waals surface area (Å²) in [4.78, 5) is 5.50. The molecule has 0 saturated carbocycles. The maximum Gasteiger partial charge on any atom is 0.115 e. The van der Waals surface area contributed by atoms with Crippen LogP contribution in [0.2, 0.25) is 5.02 Å². The Morgan fingerprint density at radius 3 is 2.85 bits per heavy atom. The molecule has 2 nitrogen and oxygen atoms in total. The molecule has 5 heteroatoms. The maximum absolute atomic E-state index is 6.34. The molecule has 0 saturated heterocycles. The number of pyridine rings is 1. The van der Waals surface area contributed by atoms with Gasteiger partial charge in [-0.25, -0.2) is 4.98 Å². The van der Waals surface area contributed by atoms with Gasteiger partial charge in [0.15, 0.2) is 0 Å². The normalized spacial score (nSPS) is 12.4. The number of hydrogen-bond donors (Lipinski definition) is 1. The molecule has 1 atom stereocenters. The van der Waals surface area contributed by atoms with E-state index in [9.17, 15) is 0 Å². The summed E-state index contributed by atoms with van der Waals surface area (Å²) >= 11 is 11.5. The van der Waals surface area contributed by atoms with E-state index in [0.717, 1.165) is 37.8 Å². The summed E-state index contributed by atoms with van der Waals surface area (Å²) in [6.45, 7) is 2.09. The molecule has 0 fully saturated rings. The van der Waals surface area contributed by atoms with Gasteiger partial charge >= 0.3 is 0 Å². The molecule has 0 radical (unpaired) electrons. The largest absolute Gasteiger partial charge is 0.327 e. The Balaban J connectivity index is 2.32. The molecule has 0 aliphatic carbocycles. The fourth-order valence-electron chi connectivity index (χ4n) is 1.79. The molecule has 106 valence electrons. The Bertz CT molecular complexity index is 592. The Kier molecular flexibility index (Phi) is 5.90. The molecule has 0 aliphatic rings. The predicted molar refractivity (Wildman–Crippen MR) is 89.5 cm³/mol. The first-order valence-corrected chi connectivity index (χ1v) is 8.42. The van der Waals surface area contributed by atoms with Gasteiger partial charge in [0.1, 0.15) is 5.03 Å². The van der Waals surface area contributed by atoms with Crippen molar-refractivity contribution in [3.05, 3.63) is 51.6 Å². The lowest BCUT2D eigenvalue weighted by Crippen LogP contribution is -2.21. The van der Waals surface area contributed by atoms with Crippen LogP contribution in [-0.2, 0) is 6.42 Å². The lowest BCUT2D eigenvalue weighted by Gasteiger charge is -2.14. The number of nitrogens with two attached hydrogens (primary N) is 1. The first-order chi connectivity index (χ1) is 9.61. The number of halogens is 2. The quantitative estimate of drug-likeness (QED) is 0.810. The Morgan fingerprint density at radius 1 is 1.35 bits per heavy atom. The Labute approximate surface area is 137 Å². The fraction of sp³-hybridized carbons (Fsp3) is 0.267. The second kappa shape index (κ2) is 7.46. The zero-order chi connectivity index (χ0) is 14.5. The third-order valence-electron chi connectivity index (χ3n) is 3.00. The summed E-state index contributed by atoms with van der Waals surface area (Å²) in [5.74, 6) is 0. The number of hydrogen-bond acceptors (Lipinski definition) is 3. The lowest BCUT2D eigenvalue weighted by molar-refractivity contribution is 0.641. The molecule has 2 N–H and O–H groups in total. The van der Waals surface area contributed by atoms with E-state index in [-0.39, 0.29) is 6.04 Å². The van der Waals surface area contributed by atoms with Gasteiger partial charge < -0.3 is 5.73 Å². The van der Waals surface area contributed by atoms with E-state index in [0.29, 0.717) is 0 Å². The van der Waals surface area contributed by atoms with Crippen LogP contribution < -0.4 is 5.73 Å². The van der Waals surface area contributed by atoms with Crippen LogP contribution in [0.3, 0.4) is 0 Å². The average molecular weight is 372 g/mol. The summed E-state index contributed by atoms with van der Waals surface area (Å²) < 4.78 is 0.982. The zero-order valence-corrected chi connectivity index (χ0v) is 14.3. The van der Waals surface area contributed by atoms with Crippen molar-refractivity contribution in [3.8, 4) is 0 Å². The van der Waals surface area contributed by atoms with Crippen LogP contribution in [0, 0.1) is 0 Å². The molecule has 2 aromatic rings. The van der Waals surface area contributed by atoms with Gasteiger partial charge in [0.05, 0.1) is 4.47 Å². The molecule has 1 aromatic heterocycles. The van der Waals surface area contributed by atoms with Crippen molar-refractivity contribution in [2.75, 3.05) is 0 Å². The molecular formula is C15H16BrClN2S. The van der Waals surface area contributed by atoms with Crippen LogP contribution in [-0.4, -0.2) is 11.0 Å². The van der Waals surface area contributed by atoms with E-state index in [4.69, 9.17) is 17.3 Å². The van der Waals surface area contributed by atoms with Gasteiger partial charge in [-0.15, -0.1) is 0 Å². The molecular weight excluding hydrogens is 356 g/mol. The van der Waals surface area contributed by atoms with E-state index < -0.39 is 0 Å². The van der Waals surface area contributed by atoms with Crippen LogP contribution in [0.5, 0.6) is 0 Å². The van der Waals surface area contributed by atoms with Gasteiger partial charge in [-0.1, -0.05) is 36.4 Å². The van der Waals surface area contributed by atoms with Crippen molar-refractivity contribution in [1.82, 2.24) is 4.98 Å². The molecule has 2 rings (SSSR count). The lowest BCUT2D eigenvalue weighted by atomic mass is 10.0. The molecule has 0 bridgehead atoms. The minimum absolute atomic E-state index is 0.126. The molecule has 1 heterocycles. The van der Waals surface area contributed by atoms with E-state index in [1.54, 1.807) is 18.0 Å². The van der Waals surface area contributed by atoms with E-state index in [2.05, 4.69) is 33.9 Å². The zero-order valence-electron chi connectivity index (χ0n) is 11.1. The van der Waals surface area contributed by atoms with E-state index >= 15 is 0 Å². The van der Waals surface area contributed by atoms with Gasteiger partial charge in [-0.2, -0.15) is 0 Å². The Morgan fingerprint density at radius 2 is 2.15 bits per heavy atom. The second-order valence-corrected chi connectivity index (χ2v) is 6.77. The monoisotopic (exact) mass is 370 g/mol. The summed E-state index contributed by atoms with van der Waals surface area (Å²) in [5, 5.41) is 1.70. The highest BCUT2D eigenvalue weighted by molar-refractivity contribution is 9.10. The first-order valence-electron chi connectivity index (χ1n) is 6.43. The van der Waals surface area contributed by atoms with Crippen molar-refractivity contribution in [1.29, 1.82) is 0 Å². The van der Waals surface area contributed by atoms with Crippen LogP contribution in [0.1, 0.15) is 18.9 Å². The second-order valence-electron chi connectivity index (χ2n) is 4.48. The third-order valence-corrected chi connectivity index (χ3v) is 5.38. The number of nitrogens with zero attached hydrogens (tertiary/aromatic N) is 1. The summed E-state index contributed by atoms with van der Waals surface area (Å²) in [6.07, 6.45) is 3.50.